The molecule has 0 spiro atoms. The minimum Gasteiger partial charge on any atom is -0.444 e. The first-order chi connectivity index (χ1) is 10.8. The molecule has 0 aromatic heterocycles. The monoisotopic (exact) mass is 324 g/mol. The highest BCUT2D eigenvalue weighted by Crippen LogP contribution is 2.30. The first kappa shape index (κ1) is 18.6. The maximum absolute atomic E-state index is 11.8. The Kier molecular flexibility index (Phi) is 6.75. The highest BCUT2D eigenvalue weighted by molar-refractivity contribution is 5.67. The average molecular weight is 325 g/mol. The molecule has 0 aromatic rings. The summed E-state index contributed by atoms with van der Waals surface area (Å²) in [6.07, 6.45) is 10.4. The Labute approximate surface area is 142 Å². The normalized spacial score (nSPS) is 27.7. The molecular formula is C19H36N2O2. The van der Waals surface area contributed by atoms with Crippen LogP contribution in [0.4, 0.5) is 4.79 Å². The van der Waals surface area contributed by atoms with Gasteiger partial charge in [0.05, 0.1) is 0 Å². The lowest BCUT2D eigenvalue weighted by molar-refractivity contribution is 0.0516. The molecule has 23 heavy (non-hydrogen) atoms. The highest BCUT2D eigenvalue weighted by Gasteiger charge is 2.31. The summed E-state index contributed by atoms with van der Waals surface area (Å²) in [5.74, 6) is 1.37. The number of ether oxygens (including phenoxy) is 1. The number of nitrogens with one attached hydrogen (secondary N) is 2. The summed E-state index contributed by atoms with van der Waals surface area (Å²) in [6, 6.07) is 1.14. The molecule has 4 heteroatoms. The number of alkyl carbamates (subject to hydrolysis) is 1. The topological polar surface area (TPSA) is 50.4 Å². The summed E-state index contributed by atoms with van der Waals surface area (Å²) in [5.41, 5.74) is -0.424. The summed E-state index contributed by atoms with van der Waals surface area (Å²) in [7, 11) is 0. The molecule has 4 nitrogen and oxygen atoms in total. The van der Waals surface area contributed by atoms with Gasteiger partial charge in [-0.1, -0.05) is 25.7 Å². The minimum absolute atomic E-state index is 0.288. The van der Waals surface area contributed by atoms with Crippen LogP contribution >= 0.6 is 0 Å². The van der Waals surface area contributed by atoms with E-state index in [2.05, 4.69) is 17.6 Å². The number of carbonyl (C=O) groups excluding carboxylic acids is 1. The van der Waals surface area contributed by atoms with Gasteiger partial charge in [0.1, 0.15) is 5.60 Å². The van der Waals surface area contributed by atoms with E-state index in [0.29, 0.717) is 18.0 Å². The van der Waals surface area contributed by atoms with Crippen LogP contribution in [-0.4, -0.2) is 30.3 Å². The van der Waals surface area contributed by atoms with Gasteiger partial charge in [0.15, 0.2) is 0 Å². The van der Waals surface area contributed by atoms with Crippen molar-refractivity contribution in [3.8, 4) is 0 Å². The van der Waals surface area contributed by atoms with Crippen LogP contribution in [0.5, 0.6) is 0 Å². The Morgan fingerprint density at radius 1 is 1.09 bits per heavy atom. The van der Waals surface area contributed by atoms with Gasteiger partial charge in [-0.3, -0.25) is 0 Å². The third-order valence-electron chi connectivity index (χ3n) is 5.40. The zero-order valence-corrected chi connectivity index (χ0v) is 15.5. The number of hydrogen-bond donors (Lipinski definition) is 2. The van der Waals surface area contributed by atoms with Crippen molar-refractivity contribution in [3.05, 3.63) is 0 Å². The molecule has 2 rings (SSSR count). The minimum atomic E-state index is -0.424. The van der Waals surface area contributed by atoms with Gasteiger partial charge in [0.25, 0.3) is 0 Å². The third-order valence-corrected chi connectivity index (χ3v) is 5.40. The summed E-state index contributed by atoms with van der Waals surface area (Å²) >= 11 is 0. The van der Waals surface area contributed by atoms with Crippen molar-refractivity contribution in [1.82, 2.24) is 10.6 Å². The molecule has 2 fully saturated rings. The zero-order valence-electron chi connectivity index (χ0n) is 15.5. The molecule has 0 bridgehead atoms. The quantitative estimate of drug-likeness (QED) is 0.795. The molecule has 2 aliphatic rings. The Morgan fingerprint density at radius 2 is 1.78 bits per heavy atom. The van der Waals surface area contributed by atoms with Gasteiger partial charge in [0.2, 0.25) is 0 Å². The van der Waals surface area contributed by atoms with Crippen molar-refractivity contribution >= 4 is 6.09 Å². The van der Waals surface area contributed by atoms with Gasteiger partial charge < -0.3 is 15.4 Å². The second kappa shape index (κ2) is 8.36. The maximum Gasteiger partial charge on any atom is 0.407 e. The van der Waals surface area contributed by atoms with Gasteiger partial charge in [-0.2, -0.15) is 0 Å². The van der Waals surface area contributed by atoms with E-state index >= 15 is 0 Å². The van der Waals surface area contributed by atoms with Crippen LogP contribution in [0.1, 0.15) is 79.1 Å². The molecule has 0 radical (unpaired) electrons. The van der Waals surface area contributed by atoms with E-state index in [9.17, 15) is 4.79 Å². The molecule has 3 unspecified atom stereocenters. The molecule has 0 aromatic carbocycles. The second-order valence-electron chi connectivity index (χ2n) is 8.53. The Hall–Kier alpha value is -0.770. The Morgan fingerprint density at radius 3 is 2.43 bits per heavy atom. The molecule has 1 amide bonds. The average Bonchev–Trinajstić information content (AvgIpc) is 2.91. The van der Waals surface area contributed by atoms with Crippen LogP contribution in [0.15, 0.2) is 0 Å². The summed E-state index contributed by atoms with van der Waals surface area (Å²) in [6.45, 7) is 8.78. The van der Waals surface area contributed by atoms with E-state index in [0.717, 1.165) is 12.5 Å². The van der Waals surface area contributed by atoms with E-state index in [1.165, 1.54) is 51.4 Å². The molecule has 2 N–H and O–H groups in total. The van der Waals surface area contributed by atoms with Crippen LogP contribution in [-0.2, 0) is 4.74 Å². The van der Waals surface area contributed by atoms with Crippen molar-refractivity contribution in [2.24, 2.45) is 11.8 Å². The van der Waals surface area contributed by atoms with Gasteiger partial charge >= 0.3 is 6.09 Å². The lowest BCUT2D eigenvalue weighted by atomic mass is 9.84. The molecule has 2 aliphatic carbocycles. The van der Waals surface area contributed by atoms with Crippen molar-refractivity contribution in [1.29, 1.82) is 0 Å². The van der Waals surface area contributed by atoms with Crippen molar-refractivity contribution < 1.29 is 9.53 Å². The Balaban J connectivity index is 1.75. The highest BCUT2D eigenvalue weighted by atomic mass is 16.6. The van der Waals surface area contributed by atoms with Gasteiger partial charge in [0, 0.05) is 18.6 Å². The first-order valence-electron chi connectivity index (χ1n) is 9.58. The van der Waals surface area contributed by atoms with Crippen LogP contribution < -0.4 is 10.6 Å². The van der Waals surface area contributed by atoms with Crippen molar-refractivity contribution in [2.75, 3.05) is 6.54 Å². The van der Waals surface area contributed by atoms with Crippen molar-refractivity contribution in [2.45, 2.75) is 96.7 Å². The van der Waals surface area contributed by atoms with E-state index in [4.69, 9.17) is 4.74 Å². The fourth-order valence-corrected chi connectivity index (χ4v) is 4.14. The smallest absolute Gasteiger partial charge is 0.407 e. The molecule has 0 saturated heterocycles. The lowest BCUT2D eigenvalue weighted by Crippen LogP contribution is -2.46. The molecule has 3 atom stereocenters. The summed E-state index contributed by atoms with van der Waals surface area (Å²) < 4.78 is 5.34. The van der Waals surface area contributed by atoms with Crippen LogP contribution in [0.25, 0.3) is 0 Å². The number of rotatable bonds is 5. The SMILES string of the molecule is CC(NC1CCCC1CNC(=O)OC(C)(C)C)C1CCCCC1. The number of carbonyl (C=O) groups is 1. The fraction of sp³-hybridized carbons (Fsp3) is 0.947. The molecule has 0 aliphatic heterocycles. The zero-order chi connectivity index (χ0) is 16.9. The van der Waals surface area contributed by atoms with Gasteiger partial charge in [-0.15, -0.1) is 0 Å². The largest absolute Gasteiger partial charge is 0.444 e. The molecule has 134 valence electrons. The summed E-state index contributed by atoms with van der Waals surface area (Å²) in [4.78, 5) is 11.8. The Bertz CT molecular complexity index is 372. The van der Waals surface area contributed by atoms with Crippen LogP contribution in [0.3, 0.4) is 0 Å². The molecule has 0 heterocycles. The standard InChI is InChI=1S/C19H36N2O2/c1-14(15-9-6-5-7-10-15)21-17-12-8-11-16(17)13-20-18(22)23-19(2,3)4/h14-17,21H,5-13H2,1-4H3,(H,20,22). The van der Waals surface area contributed by atoms with Crippen LogP contribution in [0.2, 0.25) is 0 Å². The fourth-order valence-electron chi connectivity index (χ4n) is 4.14. The maximum atomic E-state index is 11.8. The van der Waals surface area contributed by atoms with Crippen LogP contribution in [0, 0.1) is 11.8 Å². The predicted molar refractivity (Wildman–Crippen MR) is 94.5 cm³/mol. The molecule has 2 saturated carbocycles. The van der Waals surface area contributed by atoms with Gasteiger partial charge in [-0.25, -0.2) is 4.79 Å². The lowest BCUT2D eigenvalue weighted by Gasteiger charge is -2.32. The van der Waals surface area contributed by atoms with E-state index in [-0.39, 0.29) is 6.09 Å². The third kappa shape index (κ3) is 6.33. The van der Waals surface area contributed by atoms with Crippen molar-refractivity contribution in [3.63, 3.8) is 0 Å². The van der Waals surface area contributed by atoms with E-state index < -0.39 is 5.60 Å². The summed E-state index contributed by atoms with van der Waals surface area (Å²) in [5, 5.41) is 6.84. The van der Waals surface area contributed by atoms with Gasteiger partial charge in [-0.05, 0) is 65.2 Å². The number of hydrogen-bond acceptors (Lipinski definition) is 3. The second-order valence-corrected chi connectivity index (χ2v) is 8.53. The van der Waals surface area contributed by atoms with E-state index in [1.807, 2.05) is 20.8 Å². The predicted octanol–water partition coefficient (Wildman–Crippen LogP) is 4.24. The number of amides is 1. The first-order valence-corrected chi connectivity index (χ1v) is 9.58. The molecular weight excluding hydrogens is 288 g/mol. The van der Waals surface area contributed by atoms with E-state index in [1.54, 1.807) is 0 Å².